The van der Waals surface area contributed by atoms with Crippen molar-refractivity contribution in [2.75, 3.05) is 0 Å². The number of thiophene rings is 1. The van der Waals surface area contributed by atoms with Gasteiger partial charge in [-0.2, -0.15) is 0 Å². The van der Waals surface area contributed by atoms with E-state index in [0.29, 0.717) is 16.9 Å². The summed E-state index contributed by atoms with van der Waals surface area (Å²) in [7, 11) is 0. The van der Waals surface area contributed by atoms with Gasteiger partial charge >= 0.3 is 0 Å². The van der Waals surface area contributed by atoms with Crippen LogP contribution < -0.4 is 5.56 Å². The molecule has 0 amide bonds. The minimum Gasteiger partial charge on any atom is -0.306 e. The molecule has 0 bridgehead atoms. The van der Waals surface area contributed by atoms with Crippen molar-refractivity contribution in [1.82, 2.24) is 25.0 Å². The first-order valence-corrected chi connectivity index (χ1v) is 8.22. The summed E-state index contributed by atoms with van der Waals surface area (Å²) < 4.78 is 1.70. The number of aromatic nitrogens is 5. The molecule has 0 unspecified atom stereocenters. The second-order valence-electron chi connectivity index (χ2n) is 5.31. The number of fused-ring (bicyclic) bond motifs is 1. The summed E-state index contributed by atoms with van der Waals surface area (Å²) >= 11 is 1.47. The molecular formula is C17H13N5OS. The molecule has 0 aliphatic heterocycles. The zero-order valence-corrected chi connectivity index (χ0v) is 13.6. The van der Waals surface area contributed by atoms with Gasteiger partial charge in [-0.3, -0.25) is 4.79 Å². The number of aryl methyl sites for hydroxylation is 1. The Bertz CT molecular complexity index is 1090. The number of rotatable bonds is 3. The average Bonchev–Trinajstić information content (AvgIpc) is 3.21. The van der Waals surface area contributed by atoms with Crippen LogP contribution in [-0.2, 0) is 0 Å². The SMILES string of the molecule is Cc1csc2nc(C=Cc3cn(-c4ccccc4)nn3)[nH]c(=O)c12. The predicted octanol–water partition coefficient (Wildman–Crippen LogP) is 3.04. The quantitative estimate of drug-likeness (QED) is 0.624. The molecule has 24 heavy (non-hydrogen) atoms. The summed E-state index contributed by atoms with van der Waals surface area (Å²) in [5.41, 5.74) is 2.45. The number of para-hydroxylation sites is 1. The van der Waals surface area contributed by atoms with Crippen LogP contribution in [0, 0.1) is 6.92 Å². The number of hydrogen-bond acceptors (Lipinski definition) is 5. The molecule has 0 radical (unpaired) electrons. The van der Waals surface area contributed by atoms with Gasteiger partial charge in [-0.05, 0) is 42.2 Å². The maximum absolute atomic E-state index is 12.1. The van der Waals surface area contributed by atoms with Crippen LogP contribution >= 0.6 is 11.3 Å². The van der Waals surface area contributed by atoms with Crippen molar-refractivity contribution >= 4 is 33.7 Å². The minimum absolute atomic E-state index is 0.119. The molecule has 0 saturated heterocycles. The lowest BCUT2D eigenvalue weighted by Crippen LogP contribution is -2.08. The molecule has 0 aliphatic rings. The molecule has 0 spiro atoms. The lowest BCUT2D eigenvalue weighted by molar-refractivity contribution is 0.802. The molecule has 0 aliphatic carbocycles. The maximum Gasteiger partial charge on any atom is 0.260 e. The van der Waals surface area contributed by atoms with Gasteiger partial charge < -0.3 is 4.98 Å². The van der Waals surface area contributed by atoms with E-state index >= 15 is 0 Å². The van der Waals surface area contributed by atoms with Crippen molar-refractivity contribution in [3.05, 3.63) is 69.3 Å². The summed E-state index contributed by atoms with van der Waals surface area (Å²) in [5.74, 6) is 0.503. The number of nitrogens with zero attached hydrogens (tertiary/aromatic N) is 4. The van der Waals surface area contributed by atoms with E-state index in [4.69, 9.17) is 0 Å². The largest absolute Gasteiger partial charge is 0.306 e. The van der Waals surface area contributed by atoms with Crippen molar-refractivity contribution in [2.24, 2.45) is 0 Å². The Balaban J connectivity index is 1.64. The second kappa shape index (κ2) is 5.86. The molecule has 0 atom stereocenters. The van der Waals surface area contributed by atoms with Crippen molar-refractivity contribution in [1.29, 1.82) is 0 Å². The first-order valence-electron chi connectivity index (χ1n) is 7.35. The smallest absolute Gasteiger partial charge is 0.260 e. The average molecular weight is 335 g/mol. The van der Waals surface area contributed by atoms with Crippen LogP contribution in [0.3, 0.4) is 0 Å². The molecule has 3 heterocycles. The lowest BCUT2D eigenvalue weighted by Gasteiger charge is -1.96. The summed E-state index contributed by atoms with van der Waals surface area (Å²) in [4.78, 5) is 20.1. The van der Waals surface area contributed by atoms with E-state index in [1.54, 1.807) is 16.8 Å². The fourth-order valence-electron chi connectivity index (χ4n) is 2.41. The Morgan fingerprint density at radius 3 is 2.88 bits per heavy atom. The molecule has 4 aromatic rings. The Morgan fingerprint density at radius 1 is 1.21 bits per heavy atom. The number of nitrogens with one attached hydrogen (secondary N) is 1. The van der Waals surface area contributed by atoms with Crippen molar-refractivity contribution in [3.63, 3.8) is 0 Å². The normalized spacial score (nSPS) is 11.5. The Labute approximate surface area is 141 Å². The Kier molecular flexibility index (Phi) is 3.55. The van der Waals surface area contributed by atoms with Crippen LogP contribution in [0.25, 0.3) is 28.1 Å². The fraction of sp³-hybridized carbons (Fsp3) is 0.0588. The molecule has 0 fully saturated rings. The second-order valence-corrected chi connectivity index (χ2v) is 6.16. The lowest BCUT2D eigenvalue weighted by atomic mass is 10.3. The third-order valence-corrected chi connectivity index (χ3v) is 4.58. The number of aromatic amines is 1. The third kappa shape index (κ3) is 2.65. The van der Waals surface area contributed by atoms with Gasteiger partial charge in [0.1, 0.15) is 16.3 Å². The fourth-order valence-corrected chi connectivity index (χ4v) is 3.34. The van der Waals surface area contributed by atoms with Gasteiger partial charge in [0.25, 0.3) is 5.56 Å². The predicted molar refractivity (Wildman–Crippen MR) is 95.3 cm³/mol. The molecule has 1 N–H and O–H groups in total. The maximum atomic E-state index is 12.1. The molecule has 4 rings (SSSR count). The van der Waals surface area contributed by atoms with E-state index in [-0.39, 0.29) is 5.56 Å². The van der Waals surface area contributed by atoms with Crippen LogP contribution in [0.5, 0.6) is 0 Å². The highest BCUT2D eigenvalue weighted by atomic mass is 32.1. The standard InChI is InChI=1S/C17H13N5OS/c1-11-10-24-17-15(11)16(23)18-14(19-17)8-7-12-9-22(21-20-12)13-5-3-2-4-6-13/h2-10H,1H3,(H,18,19,23). The van der Waals surface area contributed by atoms with Gasteiger partial charge in [-0.1, -0.05) is 23.4 Å². The van der Waals surface area contributed by atoms with Crippen molar-refractivity contribution in [2.45, 2.75) is 6.92 Å². The summed E-state index contributed by atoms with van der Waals surface area (Å²) in [6.45, 7) is 1.91. The number of hydrogen-bond donors (Lipinski definition) is 1. The molecule has 3 aromatic heterocycles. The van der Waals surface area contributed by atoms with Crippen LogP contribution in [0.2, 0.25) is 0 Å². The van der Waals surface area contributed by atoms with Gasteiger partial charge in [0.05, 0.1) is 17.3 Å². The highest BCUT2D eigenvalue weighted by Gasteiger charge is 2.07. The monoisotopic (exact) mass is 335 g/mol. The molecule has 7 heteroatoms. The number of benzene rings is 1. The minimum atomic E-state index is -0.119. The summed E-state index contributed by atoms with van der Waals surface area (Å²) in [6.07, 6.45) is 5.32. The van der Waals surface area contributed by atoms with E-state index in [1.165, 1.54) is 11.3 Å². The van der Waals surface area contributed by atoms with Crippen LogP contribution in [0.1, 0.15) is 17.1 Å². The highest BCUT2D eigenvalue weighted by molar-refractivity contribution is 7.16. The van der Waals surface area contributed by atoms with E-state index in [9.17, 15) is 4.79 Å². The third-order valence-electron chi connectivity index (χ3n) is 3.59. The molecule has 118 valence electrons. The zero-order chi connectivity index (χ0) is 16.5. The molecule has 0 saturated carbocycles. The first kappa shape index (κ1) is 14.5. The van der Waals surface area contributed by atoms with Gasteiger partial charge in [-0.15, -0.1) is 16.4 Å². The van der Waals surface area contributed by atoms with Gasteiger partial charge in [0.2, 0.25) is 0 Å². The van der Waals surface area contributed by atoms with E-state index in [0.717, 1.165) is 16.1 Å². The molecule has 6 nitrogen and oxygen atoms in total. The molecular weight excluding hydrogens is 322 g/mol. The van der Waals surface area contributed by atoms with Crippen LogP contribution in [0.15, 0.2) is 46.7 Å². The summed E-state index contributed by atoms with van der Waals surface area (Å²) in [5, 5.41) is 10.8. The summed E-state index contributed by atoms with van der Waals surface area (Å²) in [6, 6.07) is 9.74. The van der Waals surface area contributed by atoms with E-state index in [2.05, 4.69) is 20.3 Å². The zero-order valence-electron chi connectivity index (χ0n) is 12.8. The first-order chi connectivity index (χ1) is 11.7. The Morgan fingerprint density at radius 2 is 2.04 bits per heavy atom. The van der Waals surface area contributed by atoms with Gasteiger partial charge in [0.15, 0.2) is 0 Å². The highest BCUT2D eigenvalue weighted by Crippen LogP contribution is 2.20. The van der Waals surface area contributed by atoms with Gasteiger partial charge in [-0.25, -0.2) is 9.67 Å². The molecule has 1 aromatic carbocycles. The van der Waals surface area contributed by atoms with Gasteiger partial charge in [0, 0.05) is 0 Å². The number of H-pyrrole nitrogens is 1. The van der Waals surface area contributed by atoms with Crippen LogP contribution in [0.4, 0.5) is 0 Å². The van der Waals surface area contributed by atoms with E-state index < -0.39 is 0 Å². The topological polar surface area (TPSA) is 76.5 Å². The van der Waals surface area contributed by atoms with Crippen molar-refractivity contribution in [3.8, 4) is 5.69 Å². The van der Waals surface area contributed by atoms with Crippen LogP contribution in [-0.4, -0.2) is 25.0 Å². The van der Waals surface area contributed by atoms with Crippen molar-refractivity contribution < 1.29 is 0 Å². The Hall–Kier alpha value is -3.06. The van der Waals surface area contributed by atoms with E-state index in [1.807, 2.05) is 48.8 Å².